The molecule has 0 heterocycles. The van der Waals surface area contributed by atoms with Crippen molar-refractivity contribution >= 4 is 5.91 Å². The fourth-order valence-corrected chi connectivity index (χ4v) is 3.38. The second-order valence-corrected chi connectivity index (χ2v) is 7.83. The van der Waals surface area contributed by atoms with Crippen molar-refractivity contribution in [1.82, 2.24) is 5.32 Å². The molecular formula is C20H31NO3. The third-order valence-electron chi connectivity index (χ3n) is 5.04. The Hall–Kier alpha value is -1.71. The molecule has 0 radical (unpaired) electrons. The van der Waals surface area contributed by atoms with Gasteiger partial charge in [0.05, 0.1) is 7.11 Å². The number of rotatable bonds is 5. The van der Waals surface area contributed by atoms with Crippen LogP contribution in [0.5, 0.6) is 11.5 Å². The van der Waals surface area contributed by atoms with E-state index in [1.165, 1.54) is 12.8 Å². The largest absolute Gasteiger partial charge is 0.493 e. The normalized spacial score (nSPS) is 22.5. The maximum absolute atomic E-state index is 12.4. The number of ether oxygens (including phenoxy) is 2. The molecule has 4 heteroatoms. The molecule has 1 aliphatic carbocycles. The fraction of sp³-hybridized carbons (Fsp3) is 0.650. The van der Waals surface area contributed by atoms with Crippen LogP contribution >= 0.6 is 0 Å². The summed E-state index contributed by atoms with van der Waals surface area (Å²) in [5.74, 6) is 1.93. The maximum atomic E-state index is 12.4. The molecule has 1 N–H and O–H groups in total. The summed E-state index contributed by atoms with van der Waals surface area (Å²) >= 11 is 0. The molecule has 4 nitrogen and oxygen atoms in total. The number of hydrogen-bond acceptors (Lipinski definition) is 3. The first-order valence-corrected chi connectivity index (χ1v) is 8.91. The van der Waals surface area contributed by atoms with E-state index < -0.39 is 6.10 Å². The summed E-state index contributed by atoms with van der Waals surface area (Å²) in [6, 6.07) is 7.66. The second-order valence-electron chi connectivity index (χ2n) is 7.83. The lowest BCUT2D eigenvalue weighted by molar-refractivity contribution is -0.128. The van der Waals surface area contributed by atoms with Crippen LogP contribution in [0.1, 0.15) is 53.4 Å². The molecule has 0 saturated heterocycles. The zero-order valence-corrected chi connectivity index (χ0v) is 15.6. The van der Waals surface area contributed by atoms with E-state index in [1.807, 2.05) is 24.3 Å². The van der Waals surface area contributed by atoms with Gasteiger partial charge >= 0.3 is 0 Å². The van der Waals surface area contributed by atoms with Gasteiger partial charge in [0.1, 0.15) is 0 Å². The summed E-state index contributed by atoms with van der Waals surface area (Å²) < 4.78 is 11.0. The highest BCUT2D eigenvalue weighted by Crippen LogP contribution is 2.37. The van der Waals surface area contributed by atoms with E-state index in [9.17, 15) is 4.79 Å². The molecule has 134 valence electrons. The van der Waals surface area contributed by atoms with Crippen LogP contribution in [0.25, 0.3) is 0 Å². The van der Waals surface area contributed by atoms with Crippen molar-refractivity contribution < 1.29 is 14.3 Å². The number of carbonyl (C=O) groups is 1. The van der Waals surface area contributed by atoms with Crippen molar-refractivity contribution in [2.75, 3.05) is 7.11 Å². The van der Waals surface area contributed by atoms with Gasteiger partial charge in [-0.25, -0.2) is 0 Å². The summed E-state index contributed by atoms with van der Waals surface area (Å²) in [7, 11) is 1.60. The van der Waals surface area contributed by atoms with Gasteiger partial charge in [0, 0.05) is 6.04 Å². The Balaban J connectivity index is 1.84. The van der Waals surface area contributed by atoms with Crippen LogP contribution in [0.4, 0.5) is 0 Å². The third-order valence-corrected chi connectivity index (χ3v) is 5.04. The topological polar surface area (TPSA) is 47.6 Å². The zero-order chi connectivity index (χ0) is 17.7. The predicted octanol–water partition coefficient (Wildman–Crippen LogP) is 4.18. The smallest absolute Gasteiger partial charge is 0.260 e. The number of nitrogens with one attached hydrogen (secondary N) is 1. The highest BCUT2D eigenvalue weighted by atomic mass is 16.5. The summed E-state index contributed by atoms with van der Waals surface area (Å²) in [5.41, 5.74) is 0.356. The minimum Gasteiger partial charge on any atom is -0.493 e. The van der Waals surface area contributed by atoms with Crippen molar-refractivity contribution in [3.63, 3.8) is 0 Å². The Morgan fingerprint density at radius 2 is 1.71 bits per heavy atom. The van der Waals surface area contributed by atoms with Crippen molar-refractivity contribution in [1.29, 1.82) is 0 Å². The van der Waals surface area contributed by atoms with Crippen LogP contribution in [0.2, 0.25) is 0 Å². The quantitative estimate of drug-likeness (QED) is 0.879. The molecule has 1 aliphatic rings. The van der Waals surface area contributed by atoms with E-state index in [2.05, 4.69) is 26.1 Å². The Morgan fingerprint density at radius 1 is 1.12 bits per heavy atom. The second kappa shape index (κ2) is 7.91. The third kappa shape index (κ3) is 4.89. The highest BCUT2D eigenvalue weighted by molar-refractivity contribution is 5.81. The van der Waals surface area contributed by atoms with Gasteiger partial charge in [-0.15, -0.1) is 0 Å². The Bertz CT molecular complexity index is 542. The molecule has 1 saturated carbocycles. The van der Waals surface area contributed by atoms with Crippen LogP contribution < -0.4 is 14.8 Å². The van der Waals surface area contributed by atoms with Gasteiger partial charge < -0.3 is 14.8 Å². The van der Waals surface area contributed by atoms with Gasteiger partial charge in [0.15, 0.2) is 17.6 Å². The van der Waals surface area contributed by atoms with Crippen molar-refractivity contribution in [2.24, 2.45) is 11.3 Å². The number of carbonyl (C=O) groups excluding carboxylic acids is 1. The van der Waals surface area contributed by atoms with Gasteiger partial charge in [0.2, 0.25) is 0 Å². The Kier molecular flexibility index (Phi) is 6.14. The van der Waals surface area contributed by atoms with E-state index in [1.54, 1.807) is 14.0 Å². The van der Waals surface area contributed by atoms with Crippen molar-refractivity contribution in [3.05, 3.63) is 24.3 Å². The molecule has 0 aromatic heterocycles. The van der Waals surface area contributed by atoms with Crippen LogP contribution in [0, 0.1) is 11.3 Å². The number of benzene rings is 1. The van der Waals surface area contributed by atoms with E-state index >= 15 is 0 Å². The average molecular weight is 333 g/mol. The molecule has 1 amide bonds. The van der Waals surface area contributed by atoms with Gasteiger partial charge in [-0.2, -0.15) is 0 Å². The molecule has 1 aromatic carbocycles. The molecule has 1 aromatic rings. The molecule has 24 heavy (non-hydrogen) atoms. The maximum Gasteiger partial charge on any atom is 0.260 e. The molecule has 1 atom stereocenters. The van der Waals surface area contributed by atoms with Gasteiger partial charge in [-0.1, -0.05) is 32.9 Å². The molecule has 1 unspecified atom stereocenters. The molecule has 0 bridgehead atoms. The number of amides is 1. The summed E-state index contributed by atoms with van der Waals surface area (Å²) in [6.45, 7) is 8.70. The standard InChI is InChI=1S/C20H31NO3/c1-14(24-18-9-7-6-8-17(18)23-5)19(22)21-16-12-10-15(11-13-16)20(2,3)4/h6-9,14-16H,10-13H2,1-5H3,(H,21,22). The minimum absolute atomic E-state index is 0.0554. The molecule has 2 rings (SSSR count). The van der Waals surface area contributed by atoms with E-state index in [0.717, 1.165) is 18.8 Å². The number of hydrogen-bond donors (Lipinski definition) is 1. The fourth-order valence-electron chi connectivity index (χ4n) is 3.38. The van der Waals surface area contributed by atoms with Crippen LogP contribution in [-0.4, -0.2) is 25.2 Å². The number of para-hydroxylation sites is 2. The highest BCUT2D eigenvalue weighted by Gasteiger charge is 2.31. The van der Waals surface area contributed by atoms with Gasteiger partial charge in [-0.3, -0.25) is 4.79 Å². The van der Waals surface area contributed by atoms with E-state index in [-0.39, 0.29) is 11.9 Å². The number of methoxy groups -OCH3 is 1. The van der Waals surface area contributed by atoms with Crippen LogP contribution in [0.15, 0.2) is 24.3 Å². The molecule has 0 spiro atoms. The average Bonchev–Trinajstić information content (AvgIpc) is 2.55. The van der Waals surface area contributed by atoms with Crippen LogP contribution in [-0.2, 0) is 4.79 Å². The monoisotopic (exact) mass is 333 g/mol. The first-order valence-electron chi connectivity index (χ1n) is 8.91. The zero-order valence-electron chi connectivity index (χ0n) is 15.6. The van der Waals surface area contributed by atoms with Gasteiger partial charge in [0.25, 0.3) is 5.91 Å². The van der Waals surface area contributed by atoms with Crippen molar-refractivity contribution in [3.8, 4) is 11.5 Å². The van der Waals surface area contributed by atoms with Crippen LogP contribution in [0.3, 0.4) is 0 Å². The Labute approximate surface area is 145 Å². The van der Waals surface area contributed by atoms with Crippen molar-refractivity contribution in [2.45, 2.75) is 65.5 Å². The van der Waals surface area contributed by atoms with E-state index in [4.69, 9.17) is 9.47 Å². The van der Waals surface area contributed by atoms with Gasteiger partial charge in [-0.05, 0) is 56.1 Å². The molecular weight excluding hydrogens is 302 g/mol. The predicted molar refractivity (Wildman–Crippen MR) is 96.4 cm³/mol. The Morgan fingerprint density at radius 3 is 2.25 bits per heavy atom. The summed E-state index contributed by atoms with van der Waals surface area (Å²) in [4.78, 5) is 12.4. The lowest BCUT2D eigenvalue weighted by Gasteiger charge is -2.37. The lowest BCUT2D eigenvalue weighted by Crippen LogP contribution is -2.44. The minimum atomic E-state index is -0.540. The summed E-state index contributed by atoms with van der Waals surface area (Å²) in [6.07, 6.45) is 3.91. The molecule has 1 fully saturated rings. The first-order chi connectivity index (χ1) is 11.3. The summed E-state index contributed by atoms with van der Waals surface area (Å²) in [5, 5.41) is 3.14. The lowest BCUT2D eigenvalue weighted by atomic mass is 9.71. The molecule has 0 aliphatic heterocycles. The van der Waals surface area contributed by atoms with E-state index in [0.29, 0.717) is 16.9 Å². The SMILES string of the molecule is COc1ccccc1OC(C)C(=O)NC1CCC(C(C)(C)C)CC1. The first kappa shape index (κ1) is 18.6.